The van der Waals surface area contributed by atoms with E-state index in [4.69, 9.17) is 37.0 Å². The zero-order valence-corrected chi connectivity index (χ0v) is 68.0. The molecule has 0 saturated heterocycles. The molecule has 0 aliphatic heterocycles. The SMILES string of the molecule is CCCCCCCCCCCCCCCCCCCCCC(=O)O[C@H](COC(=O)CCCCCCCCCCCCCCCCCC)COP(=O)(O)OC[C@@H](O)COP(=O)(O)OC[C@@H](COC(=O)CCCCCCCCCCCC(C)C)OC(=O)CCCCCCCCCCCCC(C)CC. The average Bonchev–Trinajstić information content (AvgIpc) is 0.962. The number of hydrogen-bond acceptors (Lipinski definition) is 15. The first-order valence-corrected chi connectivity index (χ1v) is 45.5. The lowest BCUT2D eigenvalue weighted by molar-refractivity contribution is -0.161. The molecule has 0 aliphatic carbocycles. The van der Waals surface area contributed by atoms with Crippen LogP contribution in [0.3, 0.4) is 0 Å². The number of rotatable bonds is 81. The Morgan fingerprint density at radius 3 is 0.752 bits per heavy atom. The summed E-state index contributed by atoms with van der Waals surface area (Å²) >= 11 is 0. The lowest BCUT2D eigenvalue weighted by Crippen LogP contribution is -2.30. The maximum absolute atomic E-state index is 13.1. The predicted octanol–water partition coefficient (Wildman–Crippen LogP) is 24.7. The largest absolute Gasteiger partial charge is 0.472 e. The number of phosphoric acid groups is 2. The van der Waals surface area contributed by atoms with Gasteiger partial charge in [0.2, 0.25) is 0 Å². The third kappa shape index (κ3) is 74.7. The van der Waals surface area contributed by atoms with E-state index in [0.717, 1.165) is 102 Å². The molecule has 0 amide bonds. The molecule has 0 rings (SSSR count). The first-order chi connectivity index (χ1) is 48.9. The topological polar surface area (TPSA) is 237 Å². The number of aliphatic hydroxyl groups excluding tert-OH is 1. The minimum absolute atomic E-state index is 0.106. The monoisotopic (exact) mass is 1480 g/mol. The molecule has 0 radical (unpaired) electrons. The van der Waals surface area contributed by atoms with Crippen molar-refractivity contribution in [1.82, 2.24) is 0 Å². The maximum atomic E-state index is 13.1. The van der Waals surface area contributed by atoms with Gasteiger partial charge in [-0.3, -0.25) is 37.3 Å². The molecule has 0 bridgehead atoms. The molecule has 3 N–H and O–H groups in total. The molecule has 6 atom stereocenters. The van der Waals surface area contributed by atoms with E-state index in [0.29, 0.717) is 25.7 Å². The van der Waals surface area contributed by atoms with Crippen molar-refractivity contribution in [2.45, 2.75) is 452 Å². The van der Waals surface area contributed by atoms with Crippen LogP contribution in [0, 0.1) is 11.8 Å². The summed E-state index contributed by atoms with van der Waals surface area (Å²) in [6.07, 6.45) is 63.7. The van der Waals surface area contributed by atoms with Crippen molar-refractivity contribution in [2.24, 2.45) is 11.8 Å². The molecule has 0 aromatic rings. The number of phosphoric ester groups is 2. The molecule has 0 aromatic heterocycles. The average molecular weight is 1480 g/mol. The molecule has 101 heavy (non-hydrogen) atoms. The number of ether oxygens (including phenoxy) is 4. The van der Waals surface area contributed by atoms with Crippen molar-refractivity contribution < 1.29 is 80.2 Å². The van der Waals surface area contributed by atoms with Gasteiger partial charge in [0.25, 0.3) is 0 Å². The normalized spacial score (nSPS) is 14.2. The van der Waals surface area contributed by atoms with Crippen LogP contribution in [0.2, 0.25) is 0 Å². The zero-order valence-electron chi connectivity index (χ0n) is 66.2. The van der Waals surface area contributed by atoms with Crippen molar-refractivity contribution in [3.8, 4) is 0 Å². The molecule has 0 aromatic carbocycles. The van der Waals surface area contributed by atoms with E-state index >= 15 is 0 Å². The van der Waals surface area contributed by atoms with Gasteiger partial charge < -0.3 is 33.8 Å². The van der Waals surface area contributed by atoms with Crippen LogP contribution < -0.4 is 0 Å². The molecule has 0 aliphatic rings. The van der Waals surface area contributed by atoms with Crippen LogP contribution in [0.5, 0.6) is 0 Å². The summed E-state index contributed by atoms with van der Waals surface area (Å²) in [5, 5.41) is 10.7. The van der Waals surface area contributed by atoms with Gasteiger partial charge in [0.1, 0.15) is 19.3 Å². The fraction of sp³-hybridized carbons (Fsp3) is 0.951. The van der Waals surface area contributed by atoms with Gasteiger partial charge in [0, 0.05) is 25.7 Å². The van der Waals surface area contributed by atoms with Crippen LogP contribution in [0.25, 0.3) is 0 Å². The second-order valence-corrected chi connectivity index (χ2v) is 33.1. The fourth-order valence-corrected chi connectivity index (χ4v) is 14.3. The summed E-state index contributed by atoms with van der Waals surface area (Å²) in [4.78, 5) is 73.1. The Bertz CT molecular complexity index is 1940. The van der Waals surface area contributed by atoms with Crippen molar-refractivity contribution >= 4 is 39.5 Å². The molecule has 0 heterocycles. The Balaban J connectivity index is 5.26. The van der Waals surface area contributed by atoms with Crippen LogP contribution in [0.1, 0.15) is 433 Å². The Kier molecular flexibility index (Phi) is 72.2. The predicted molar refractivity (Wildman–Crippen MR) is 414 cm³/mol. The van der Waals surface area contributed by atoms with E-state index in [1.54, 1.807) is 0 Å². The second-order valence-electron chi connectivity index (χ2n) is 30.2. The van der Waals surface area contributed by atoms with Crippen molar-refractivity contribution in [2.75, 3.05) is 39.6 Å². The summed E-state index contributed by atoms with van der Waals surface area (Å²) in [6, 6.07) is 0. The van der Waals surface area contributed by atoms with Crippen LogP contribution in [-0.2, 0) is 65.4 Å². The first kappa shape index (κ1) is 99.1. The quantitative estimate of drug-likeness (QED) is 0.0222. The highest BCUT2D eigenvalue weighted by atomic mass is 31.2. The summed E-state index contributed by atoms with van der Waals surface area (Å²) in [5.74, 6) is -0.560. The van der Waals surface area contributed by atoms with Gasteiger partial charge in [0.15, 0.2) is 12.2 Å². The van der Waals surface area contributed by atoms with E-state index in [-0.39, 0.29) is 25.7 Å². The molecular weight excluding hydrogens is 1320 g/mol. The van der Waals surface area contributed by atoms with Gasteiger partial charge in [-0.1, -0.05) is 382 Å². The van der Waals surface area contributed by atoms with Gasteiger partial charge in [-0.25, -0.2) is 9.13 Å². The van der Waals surface area contributed by atoms with Gasteiger partial charge in [-0.05, 0) is 37.5 Å². The van der Waals surface area contributed by atoms with Crippen LogP contribution in [-0.4, -0.2) is 96.7 Å². The van der Waals surface area contributed by atoms with Gasteiger partial charge in [0.05, 0.1) is 26.4 Å². The molecule has 17 nitrogen and oxygen atoms in total. The third-order valence-corrected chi connectivity index (χ3v) is 21.5. The van der Waals surface area contributed by atoms with Crippen molar-refractivity contribution in [3.05, 3.63) is 0 Å². The van der Waals surface area contributed by atoms with E-state index in [1.807, 2.05) is 0 Å². The smallest absolute Gasteiger partial charge is 0.462 e. The lowest BCUT2D eigenvalue weighted by atomic mass is 9.99. The Morgan fingerprint density at radius 1 is 0.287 bits per heavy atom. The first-order valence-electron chi connectivity index (χ1n) is 42.5. The van der Waals surface area contributed by atoms with E-state index in [1.165, 1.54) is 250 Å². The van der Waals surface area contributed by atoms with Gasteiger partial charge in [-0.2, -0.15) is 0 Å². The number of aliphatic hydroxyl groups is 1. The summed E-state index contributed by atoms with van der Waals surface area (Å²) in [6.45, 7) is 9.65. The number of hydrogen-bond donors (Lipinski definition) is 3. The Hall–Kier alpha value is -1.94. The van der Waals surface area contributed by atoms with Crippen molar-refractivity contribution in [1.29, 1.82) is 0 Å². The van der Waals surface area contributed by atoms with E-state index in [2.05, 4.69) is 41.5 Å². The zero-order chi connectivity index (χ0) is 74.2. The number of unbranched alkanes of at least 4 members (excludes halogenated alkanes) is 50. The molecule has 3 unspecified atom stereocenters. The molecule has 0 spiro atoms. The van der Waals surface area contributed by atoms with Crippen LogP contribution in [0.15, 0.2) is 0 Å². The molecule has 19 heteroatoms. The summed E-state index contributed by atoms with van der Waals surface area (Å²) in [5.41, 5.74) is 0. The number of carbonyl (C=O) groups is 4. The molecule has 0 fully saturated rings. The number of carbonyl (C=O) groups excluding carboxylic acids is 4. The van der Waals surface area contributed by atoms with Gasteiger partial charge >= 0.3 is 39.5 Å². The van der Waals surface area contributed by atoms with Crippen LogP contribution in [0.4, 0.5) is 0 Å². The summed E-state index contributed by atoms with van der Waals surface area (Å²) < 4.78 is 68.8. The van der Waals surface area contributed by atoms with Gasteiger partial charge in [-0.15, -0.1) is 0 Å². The second kappa shape index (κ2) is 73.6. The third-order valence-electron chi connectivity index (χ3n) is 19.6. The Labute approximate surface area is 619 Å². The van der Waals surface area contributed by atoms with Crippen molar-refractivity contribution in [3.63, 3.8) is 0 Å². The maximum Gasteiger partial charge on any atom is 0.472 e. The van der Waals surface area contributed by atoms with E-state index in [9.17, 15) is 43.2 Å². The summed E-state index contributed by atoms with van der Waals surface area (Å²) in [7, 11) is -9.92. The number of esters is 4. The highest BCUT2D eigenvalue weighted by molar-refractivity contribution is 7.47. The van der Waals surface area contributed by atoms with E-state index < -0.39 is 97.5 Å². The molecule has 600 valence electrons. The lowest BCUT2D eigenvalue weighted by Gasteiger charge is -2.21. The highest BCUT2D eigenvalue weighted by Gasteiger charge is 2.30. The minimum atomic E-state index is -4.96. The molecule has 0 saturated carbocycles. The Morgan fingerprint density at radius 2 is 0.505 bits per heavy atom. The fourth-order valence-electron chi connectivity index (χ4n) is 12.7. The molecular formula is C82H160O17P2. The minimum Gasteiger partial charge on any atom is -0.462 e. The highest BCUT2D eigenvalue weighted by Crippen LogP contribution is 2.45. The van der Waals surface area contributed by atoms with Crippen LogP contribution >= 0.6 is 15.6 Å². The standard InChI is InChI=1S/C82H160O17P2/c1-7-10-12-14-16-18-20-22-24-26-27-28-30-32-34-41-48-54-60-66-81(86)98-77(70-92-79(84)64-58-52-46-40-33-31-29-25-23-21-19-17-15-13-11-8-2)72-96-100(88,89)94-68-76(83)69-95-101(90,91)97-73-78(71-93-80(85)65-59-53-47-43-37-38-44-50-56-62-74(4)5)99-82(87)67-61-55-49-42-36-35-39-45-51-57-63-75(6)9-3/h74-78,83H,7-73H2,1-6H3,(H,88,89)(H,90,91)/t75?,76-,77-,78-/m1/s1.